The van der Waals surface area contributed by atoms with Crippen molar-refractivity contribution in [3.63, 3.8) is 0 Å². The summed E-state index contributed by atoms with van der Waals surface area (Å²) < 4.78 is 52.6. The van der Waals surface area contributed by atoms with E-state index in [0.717, 1.165) is 10.6 Å². The summed E-state index contributed by atoms with van der Waals surface area (Å²) >= 11 is 0. The average Bonchev–Trinajstić information content (AvgIpc) is 2.81. The van der Waals surface area contributed by atoms with Crippen LogP contribution in [0, 0.1) is 17.1 Å². The molecule has 0 radical (unpaired) electrons. The molecule has 0 fully saturated rings. The van der Waals surface area contributed by atoms with Crippen molar-refractivity contribution in [2.24, 2.45) is 0 Å². The third-order valence-corrected chi connectivity index (χ3v) is 2.86. The molecule has 0 aliphatic rings. The SMILES string of the molecule is N#CCCn1c(-c2ccc(F)cc2)ccc1C(F)(F)F. The molecule has 0 atom stereocenters. The molecule has 104 valence electrons. The fourth-order valence-electron chi connectivity index (χ4n) is 1.99. The molecule has 6 heteroatoms. The average molecular weight is 282 g/mol. The van der Waals surface area contributed by atoms with Gasteiger partial charge in [-0.25, -0.2) is 4.39 Å². The highest BCUT2D eigenvalue weighted by atomic mass is 19.4. The molecule has 0 aliphatic heterocycles. The molecule has 1 aromatic heterocycles. The van der Waals surface area contributed by atoms with Crippen molar-refractivity contribution >= 4 is 0 Å². The summed E-state index contributed by atoms with van der Waals surface area (Å²) in [5.41, 5.74) is -0.0283. The van der Waals surface area contributed by atoms with Crippen molar-refractivity contribution in [2.45, 2.75) is 19.1 Å². The Bertz CT molecular complexity index is 633. The number of aromatic nitrogens is 1. The van der Waals surface area contributed by atoms with Crippen LogP contribution >= 0.6 is 0 Å². The Morgan fingerprint density at radius 1 is 1.05 bits per heavy atom. The summed E-state index contributed by atoms with van der Waals surface area (Å²) in [7, 11) is 0. The predicted molar refractivity (Wildman–Crippen MR) is 65.1 cm³/mol. The van der Waals surface area contributed by atoms with Gasteiger partial charge in [0.2, 0.25) is 0 Å². The molecule has 0 N–H and O–H groups in total. The smallest absolute Gasteiger partial charge is 0.336 e. The van der Waals surface area contributed by atoms with Gasteiger partial charge in [-0.15, -0.1) is 0 Å². The van der Waals surface area contributed by atoms with Gasteiger partial charge >= 0.3 is 6.18 Å². The van der Waals surface area contributed by atoms with Crippen molar-refractivity contribution in [1.82, 2.24) is 4.57 Å². The second kappa shape index (κ2) is 5.37. The van der Waals surface area contributed by atoms with Gasteiger partial charge in [0.25, 0.3) is 0 Å². The summed E-state index contributed by atoms with van der Waals surface area (Å²) in [6.45, 7) is -0.0644. The van der Waals surface area contributed by atoms with Crippen LogP contribution in [0.25, 0.3) is 11.3 Å². The van der Waals surface area contributed by atoms with E-state index in [1.165, 1.54) is 30.3 Å². The lowest BCUT2D eigenvalue weighted by atomic mass is 10.1. The van der Waals surface area contributed by atoms with E-state index in [-0.39, 0.29) is 13.0 Å². The number of hydrogen-bond acceptors (Lipinski definition) is 1. The zero-order chi connectivity index (χ0) is 14.8. The van der Waals surface area contributed by atoms with Crippen LogP contribution in [-0.2, 0) is 12.7 Å². The highest BCUT2D eigenvalue weighted by Gasteiger charge is 2.35. The van der Waals surface area contributed by atoms with Crippen LogP contribution in [0.2, 0.25) is 0 Å². The summed E-state index contributed by atoms with van der Waals surface area (Å²) in [5.74, 6) is -0.458. The molecule has 0 bridgehead atoms. The molecule has 1 heterocycles. The van der Waals surface area contributed by atoms with Crippen LogP contribution in [-0.4, -0.2) is 4.57 Å². The van der Waals surface area contributed by atoms with Gasteiger partial charge in [-0.05, 0) is 42.0 Å². The summed E-state index contributed by atoms with van der Waals surface area (Å²) in [6, 6.07) is 9.31. The van der Waals surface area contributed by atoms with Crippen LogP contribution in [0.3, 0.4) is 0 Å². The maximum atomic E-state index is 12.9. The normalized spacial score (nSPS) is 11.3. The Balaban J connectivity index is 2.50. The molecule has 0 spiro atoms. The fraction of sp³-hybridized carbons (Fsp3) is 0.214. The van der Waals surface area contributed by atoms with E-state index in [1.807, 2.05) is 6.07 Å². The maximum absolute atomic E-state index is 12.9. The molecule has 0 amide bonds. The Labute approximate surface area is 112 Å². The van der Waals surface area contributed by atoms with E-state index in [0.29, 0.717) is 11.3 Å². The minimum absolute atomic E-state index is 0.0358. The lowest BCUT2D eigenvalue weighted by molar-refractivity contribution is -0.143. The van der Waals surface area contributed by atoms with Crippen molar-refractivity contribution < 1.29 is 17.6 Å². The standard InChI is InChI=1S/C14H10F4N2/c15-11-4-2-10(3-5-11)12-6-7-13(14(16,17)18)20(12)9-1-8-19/h2-7H,1,9H2. The number of hydrogen-bond donors (Lipinski definition) is 0. The van der Waals surface area contributed by atoms with Gasteiger partial charge in [0.1, 0.15) is 11.5 Å². The van der Waals surface area contributed by atoms with Gasteiger partial charge in [0.05, 0.1) is 12.5 Å². The summed E-state index contributed by atoms with van der Waals surface area (Å²) in [6.07, 6.45) is -4.53. The second-order valence-corrected chi connectivity index (χ2v) is 4.17. The highest BCUT2D eigenvalue weighted by molar-refractivity contribution is 5.61. The second-order valence-electron chi connectivity index (χ2n) is 4.17. The Kier molecular flexibility index (Phi) is 3.79. The molecule has 2 aromatic rings. The largest absolute Gasteiger partial charge is 0.431 e. The van der Waals surface area contributed by atoms with Crippen molar-refractivity contribution in [2.75, 3.05) is 0 Å². The van der Waals surface area contributed by atoms with E-state index < -0.39 is 17.7 Å². The Hall–Kier alpha value is -2.29. The van der Waals surface area contributed by atoms with Gasteiger partial charge < -0.3 is 4.57 Å². The van der Waals surface area contributed by atoms with Crippen LogP contribution in [0.1, 0.15) is 12.1 Å². The minimum atomic E-state index is -4.49. The minimum Gasteiger partial charge on any atom is -0.336 e. The zero-order valence-corrected chi connectivity index (χ0v) is 10.3. The van der Waals surface area contributed by atoms with Crippen molar-refractivity contribution in [1.29, 1.82) is 5.26 Å². The number of alkyl halides is 3. The van der Waals surface area contributed by atoms with Crippen LogP contribution in [0.5, 0.6) is 0 Å². The molecule has 2 rings (SSSR count). The van der Waals surface area contributed by atoms with Crippen LogP contribution in [0.4, 0.5) is 17.6 Å². The van der Waals surface area contributed by atoms with E-state index in [1.54, 1.807) is 0 Å². The first-order valence-electron chi connectivity index (χ1n) is 5.83. The van der Waals surface area contributed by atoms with Gasteiger partial charge in [-0.3, -0.25) is 0 Å². The number of halogens is 4. The summed E-state index contributed by atoms with van der Waals surface area (Å²) in [4.78, 5) is 0. The Morgan fingerprint density at radius 3 is 2.25 bits per heavy atom. The van der Waals surface area contributed by atoms with Gasteiger partial charge in [0.15, 0.2) is 0 Å². The third-order valence-electron chi connectivity index (χ3n) is 2.86. The van der Waals surface area contributed by atoms with Gasteiger partial charge in [-0.2, -0.15) is 18.4 Å². The van der Waals surface area contributed by atoms with Crippen LogP contribution < -0.4 is 0 Å². The molecule has 1 aromatic carbocycles. The number of rotatable bonds is 3. The Morgan fingerprint density at radius 2 is 1.70 bits per heavy atom. The molecular formula is C14H10F4N2. The maximum Gasteiger partial charge on any atom is 0.431 e. The van der Waals surface area contributed by atoms with Crippen molar-refractivity contribution in [3.8, 4) is 17.3 Å². The first-order valence-corrected chi connectivity index (χ1v) is 5.83. The topological polar surface area (TPSA) is 28.7 Å². The van der Waals surface area contributed by atoms with Gasteiger partial charge in [0, 0.05) is 12.2 Å². The molecule has 0 aliphatic carbocycles. The predicted octanol–water partition coefficient (Wildman–Crippen LogP) is 4.23. The van der Waals surface area contributed by atoms with Gasteiger partial charge in [-0.1, -0.05) is 0 Å². The molecule has 0 unspecified atom stereocenters. The lowest BCUT2D eigenvalue weighted by Gasteiger charge is -2.14. The van der Waals surface area contributed by atoms with E-state index in [4.69, 9.17) is 5.26 Å². The molecular weight excluding hydrogens is 272 g/mol. The first-order chi connectivity index (χ1) is 9.43. The number of nitriles is 1. The van der Waals surface area contributed by atoms with E-state index in [2.05, 4.69) is 0 Å². The zero-order valence-electron chi connectivity index (χ0n) is 10.3. The molecule has 0 saturated carbocycles. The summed E-state index contributed by atoms with van der Waals surface area (Å²) in [5, 5.41) is 8.56. The quantitative estimate of drug-likeness (QED) is 0.774. The number of nitrogens with zero attached hydrogens (tertiary/aromatic N) is 2. The van der Waals surface area contributed by atoms with E-state index in [9.17, 15) is 17.6 Å². The van der Waals surface area contributed by atoms with Crippen molar-refractivity contribution in [3.05, 3.63) is 47.9 Å². The fourth-order valence-corrected chi connectivity index (χ4v) is 1.99. The monoisotopic (exact) mass is 282 g/mol. The third kappa shape index (κ3) is 2.82. The highest BCUT2D eigenvalue weighted by Crippen LogP contribution is 2.34. The lowest BCUT2D eigenvalue weighted by Crippen LogP contribution is -2.14. The molecule has 0 saturated heterocycles. The van der Waals surface area contributed by atoms with Crippen LogP contribution in [0.15, 0.2) is 36.4 Å². The number of benzene rings is 1. The molecule has 20 heavy (non-hydrogen) atoms. The van der Waals surface area contributed by atoms with E-state index >= 15 is 0 Å². The first kappa shape index (κ1) is 14.1. The molecule has 2 nitrogen and oxygen atoms in total.